The highest BCUT2D eigenvalue weighted by molar-refractivity contribution is 5.44. The minimum Gasteiger partial charge on any atom is -0.486 e. The molecule has 0 radical (unpaired) electrons. The van der Waals surface area contributed by atoms with E-state index in [4.69, 9.17) is 14.6 Å². The van der Waals surface area contributed by atoms with E-state index in [0.29, 0.717) is 38.5 Å². The fourth-order valence-corrected chi connectivity index (χ4v) is 1.83. The molecular weight excluding hydrogens is 234 g/mol. The highest BCUT2D eigenvalue weighted by Gasteiger charge is 2.14. The second-order valence-corrected chi connectivity index (χ2v) is 4.20. The van der Waals surface area contributed by atoms with Gasteiger partial charge in [-0.15, -0.1) is 0 Å². The largest absolute Gasteiger partial charge is 0.486 e. The third-order valence-corrected chi connectivity index (χ3v) is 2.80. The van der Waals surface area contributed by atoms with Gasteiger partial charge in [0.25, 0.3) is 0 Å². The number of nitrogens with one attached hydrogen (secondary N) is 1. The zero-order valence-corrected chi connectivity index (χ0v) is 10.3. The number of hydrogen-bond acceptors (Lipinski definition) is 5. The maximum absolute atomic E-state index is 10.0. The third-order valence-electron chi connectivity index (χ3n) is 2.80. The molecule has 0 aromatic heterocycles. The van der Waals surface area contributed by atoms with E-state index in [1.54, 1.807) is 0 Å². The molecular formula is C13H19NO4. The first kappa shape index (κ1) is 13.1. The first-order valence-corrected chi connectivity index (χ1v) is 6.20. The summed E-state index contributed by atoms with van der Waals surface area (Å²) in [5, 5.41) is 21.7. The van der Waals surface area contributed by atoms with Gasteiger partial charge in [0.05, 0.1) is 6.10 Å². The summed E-state index contributed by atoms with van der Waals surface area (Å²) in [7, 11) is 0. The molecule has 0 fully saturated rings. The molecule has 1 aliphatic rings. The van der Waals surface area contributed by atoms with Gasteiger partial charge < -0.3 is 25.0 Å². The summed E-state index contributed by atoms with van der Waals surface area (Å²) in [6, 6.07) is 5.47. The van der Waals surface area contributed by atoms with Crippen molar-refractivity contribution in [1.29, 1.82) is 0 Å². The van der Waals surface area contributed by atoms with Gasteiger partial charge in [0.15, 0.2) is 11.5 Å². The lowest BCUT2D eigenvalue weighted by atomic mass is 10.1. The molecule has 1 heterocycles. The van der Waals surface area contributed by atoms with Crippen molar-refractivity contribution >= 4 is 0 Å². The monoisotopic (exact) mass is 253 g/mol. The van der Waals surface area contributed by atoms with Crippen molar-refractivity contribution < 1.29 is 19.7 Å². The van der Waals surface area contributed by atoms with E-state index in [-0.39, 0.29) is 6.61 Å². The number of aliphatic hydroxyl groups excluding tert-OH is 2. The normalized spacial score (nSPS) is 15.4. The maximum Gasteiger partial charge on any atom is 0.161 e. The molecule has 5 heteroatoms. The van der Waals surface area contributed by atoms with Gasteiger partial charge in [-0.05, 0) is 30.7 Å². The molecule has 0 saturated heterocycles. The molecule has 1 atom stereocenters. The lowest BCUT2D eigenvalue weighted by molar-refractivity contribution is 0.162. The molecule has 18 heavy (non-hydrogen) atoms. The van der Waals surface area contributed by atoms with E-state index in [1.807, 2.05) is 18.2 Å². The molecule has 0 aliphatic carbocycles. The van der Waals surface area contributed by atoms with Crippen molar-refractivity contribution in [2.45, 2.75) is 12.5 Å². The van der Waals surface area contributed by atoms with Crippen LogP contribution >= 0.6 is 0 Å². The fraction of sp³-hybridized carbons (Fsp3) is 0.538. The van der Waals surface area contributed by atoms with E-state index in [0.717, 1.165) is 11.3 Å². The lowest BCUT2D eigenvalue weighted by Crippen LogP contribution is -2.23. The zero-order chi connectivity index (χ0) is 12.8. The van der Waals surface area contributed by atoms with Crippen molar-refractivity contribution in [3.63, 3.8) is 0 Å². The molecule has 0 spiro atoms. The van der Waals surface area contributed by atoms with Gasteiger partial charge in [0, 0.05) is 13.2 Å². The molecule has 2 rings (SSSR count). The molecule has 0 amide bonds. The van der Waals surface area contributed by atoms with Crippen LogP contribution in [-0.4, -0.2) is 43.1 Å². The molecule has 0 saturated carbocycles. The maximum atomic E-state index is 10.0. The van der Waals surface area contributed by atoms with Crippen LogP contribution < -0.4 is 14.8 Å². The Kier molecular flexibility index (Phi) is 4.81. The smallest absolute Gasteiger partial charge is 0.161 e. The second kappa shape index (κ2) is 6.58. The highest BCUT2D eigenvalue weighted by Crippen LogP contribution is 2.32. The first-order chi connectivity index (χ1) is 8.81. The SMILES string of the molecule is OCCCNCC(O)c1ccc2c(c1)OCCO2. The van der Waals surface area contributed by atoms with Crippen LogP contribution in [0, 0.1) is 0 Å². The Morgan fingerprint density at radius 1 is 1.22 bits per heavy atom. The quantitative estimate of drug-likeness (QED) is 0.643. The van der Waals surface area contributed by atoms with E-state index in [2.05, 4.69) is 5.32 Å². The third kappa shape index (κ3) is 3.35. The summed E-state index contributed by atoms with van der Waals surface area (Å²) in [6.07, 6.45) is 0.105. The van der Waals surface area contributed by atoms with Crippen LogP contribution in [0.3, 0.4) is 0 Å². The van der Waals surface area contributed by atoms with E-state index >= 15 is 0 Å². The molecule has 3 N–H and O–H groups in total. The average molecular weight is 253 g/mol. The van der Waals surface area contributed by atoms with Crippen molar-refractivity contribution in [1.82, 2.24) is 5.32 Å². The zero-order valence-electron chi connectivity index (χ0n) is 10.3. The molecule has 100 valence electrons. The highest BCUT2D eigenvalue weighted by atomic mass is 16.6. The van der Waals surface area contributed by atoms with Crippen molar-refractivity contribution in [3.05, 3.63) is 23.8 Å². The van der Waals surface area contributed by atoms with Crippen LogP contribution in [0.1, 0.15) is 18.1 Å². The van der Waals surface area contributed by atoms with Crippen LogP contribution in [0.15, 0.2) is 18.2 Å². The predicted octanol–water partition coefficient (Wildman–Crippen LogP) is 0.463. The number of benzene rings is 1. The van der Waals surface area contributed by atoms with Gasteiger partial charge in [0.1, 0.15) is 13.2 Å². The van der Waals surface area contributed by atoms with Crippen molar-refractivity contribution in [2.24, 2.45) is 0 Å². The average Bonchev–Trinajstić information content (AvgIpc) is 2.43. The first-order valence-electron chi connectivity index (χ1n) is 6.20. The van der Waals surface area contributed by atoms with Gasteiger partial charge >= 0.3 is 0 Å². The minimum atomic E-state index is -0.584. The van der Waals surface area contributed by atoms with E-state index < -0.39 is 6.10 Å². The summed E-state index contributed by atoms with van der Waals surface area (Å²) in [5.74, 6) is 1.42. The van der Waals surface area contributed by atoms with Crippen LogP contribution in [0.5, 0.6) is 11.5 Å². The van der Waals surface area contributed by atoms with Crippen LogP contribution in [0.4, 0.5) is 0 Å². The summed E-state index contributed by atoms with van der Waals surface area (Å²) >= 11 is 0. The van der Waals surface area contributed by atoms with Gasteiger partial charge in [-0.25, -0.2) is 0 Å². The van der Waals surface area contributed by atoms with Crippen molar-refractivity contribution in [2.75, 3.05) is 32.9 Å². The van der Waals surface area contributed by atoms with Gasteiger partial charge in [-0.3, -0.25) is 0 Å². The summed E-state index contributed by atoms with van der Waals surface area (Å²) < 4.78 is 10.9. The standard InChI is InChI=1S/C13H19NO4/c15-5-1-4-14-9-11(16)10-2-3-12-13(8-10)18-7-6-17-12/h2-3,8,11,14-16H,1,4-7,9H2. The molecule has 1 aromatic carbocycles. The lowest BCUT2D eigenvalue weighted by Gasteiger charge is -2.20. The predicted molar refractivity (Wildman–Crippen MR) is 67.0 cm³/mol. The van der Waals surface area contributed by atoms with Crippen LogP contribution in [0.2, 0.25) is 0 Å². The molecule has 1 unspecified atom stereocenters. The topological polar surface area (TPSA) is 71.0 Å². The van der Waals surface area contributed by atoms with E-state index in [9.17, 15) is 5.11 Å². The van der Waals surface area contributed by atoms with Crippen LogP contribution in [-0.2, 0) is 0 Å². The second-order valence-electron chi connectivity index (χ2n) is 4.20. The Hall–Kier alpha value is -1.30. The van der Waals surface area contributed by atoms with Crippen molar-refractivity contribution in [3.8, 4) is 11.5 Å². The summed E-state index contributed by atoms with van der Waals surface area (Å²) in [4.78, 5) is 0. The molecule has 1 aromatic rings. The van der Waals surface area contributed by atoms with Gasteiger partial charge in [-0.1, -0.05) is 6.07 Å². The van der Waals surface area contributed by atoms with Crippen LogP contribution in [0.25, 0.3) is 0 Å². The Morgan fingerprint density at radius 3 is 2.78 bits per heavy atom. The number of aliphatic hydroxyl groups is 2. The molecule has 1 aliphatic heterocycles. The van der Waals surface area contributed by atoms with E-state index in [1.165, 1.54) is 0 Å². The Balaban J connectivity index is 1.91. The molecule has 0 bridgehead atoms. The fourth-order valence-electron chi connectivity index (χ4n) is 1.83. The Morgan fingerprint density at radius 2 is 2.00 bits per heavy atom. The van der Waals surface area contributed by atoms with Gasteiger partial charge in [-0.2, -0.15) is 0 Å². The number of fused-ring (bicyclic) bond motifs is 1. The summed E-state index contributed by atoms with van der Waals surface area (Å²) in [6.45, 7) is 2.42. The summed E-state index contributed by atoms with van der Waals surface area (Å²) in [5.41, 5.74) is 0.802. The Bertz CT molecular complexity index is 383. The Labute approximate surface area is 106 Å². The molecule has 5 nitrogen and oxygen atoms in total. The minimum absolute atomic E-state index is 0.160. The number of rotatable bonds is 6. The number of ether oxygens (including phenoxy) is 2. The van der Waals surface area contributed by atoms with Gasteiger partial charge in [0.2, 0.25) is 0 Å². The number of hydrogen-bond donors (Lipinski definition) is 3.